The molecular formula is C24H38O. The molecule has 0 spiro atoms. The molecule has 0 aromatic rings. The Morgan fingerprint density at radius 3 is 1.64 bits per heavy atom. The summed E-state index contributed by atoms with van der Waals surface area (Å²) in [7, 11) is 0. The second-order valence-electron chi connectivity index (χ2n) is 6.07. The second kappa shape index (κ2) is 22.4. The Hall–Kier alpha value is -1.60. The lowest BCUT2D eigenvalue weighted by atomic mass is 10.1. The van der Waals surface area contributed by atoms with Crippen molar-refractivity contribution >= 4 is 0 Å². The minimum atomic E-state index is 0.298. The number of hydrogen-bond donors (Lipinski definition) is 1. The van der Waals surface area contributed by atoms with Crippen LogP contribution in [-0.4, -0.2) is 11.7 Å². The van der Waals surface area contributed by atoms with E-state index in [0.29, 0.717) is 6.61 Å². The first-order valence-corrected chi connectivity index (χ1v) is 9.97. The van der Waals surface area contributed by atoms with Crippen molar-refractivity contribution in [3.63, 3.8) is 0 Å². The van der Waals surface area contributed by atoms with Gasteiger partial charge in [0.05, 0.1) is 0 Å². The van der Waals surface area contributed by atoms with Crippen LogP contribution < -0.4 is 0 Å². The Labute approximate surface area is 156 Å². The van der Waals surface area contributed by atoms with E-state index < -0.39 is 0 Å². The van der Waals surface area contributed by atoms with E-state index in [0.717, 1.165) is 32.1 Å². The highest BCUT2D eigenvalue weighted by Crippen LogP contribution is 2.05. The lowest BCUT2D eigenvalue weighted by molar-refractivity contribution is 0.285. The van der Waals surface area contributed by atoms with Crippen molar-refractivity contribution in [2.75, 3.05) is 6.61 Å². The molecule has 0 amide bonds. The topological polar surface area (TPSA) is 20.2 Å². The molecule has 0 fully saturated rings. The first kappa shape index (κ1) is 23.4. The second-order valence-corrected chi connectivity index (χ2v) is 6.07. The maximum atomic E-state index is 8.67. The summed E-state index contributed by atoms with van der Waals surface area (Å²) in [5.74, 6) is 0. The third-order valence-corrected chi connectivity index (χ3v) is 3.69. The van der Waals surface area contributed by atoms with Crippen molar-refractivity contribution in [3.05, 3.63) is 72.9 Å². The van der Waals surface area contributed by atoms with Gasteiger partial charge in [0.25, 0.3) is 0 Å². The molecule has 0 rings (SSSR count). The number of aliphatic hydroxyl groups is 1. The van der Waals surface area contributed by atoms with Crippen molar-refractivity contribution in [3.8, 4) is 0 Å². The molecule has 140 valence electrons. The largest absolute Gasteiger partial charge is 0.396 e. The maximum absolute atomic E-state index is 8.67. The van der Waals surface area contributed by atoms with Gasteiger partial charge in [-0.15, -0.1) is 0 Å². The fraction of sp³-hybridized carbons (Fsp3) is 0.500. The summed E-state index contributed by atoms with van der Waals surface area (Å²) in [6, 6.07) is 0. The molecule has 1 nitrogen and oxygen atoms in total. The van der Waals surface area contributed by atoms with Crippen LogP contribution in [0.1, 0.15) is 71.1 Å². The van der Waals surface area contributed by atoms with Crippen LogP contribution in [0.3, 0.4) is 0 Å². The fourth-order valence-electron chi connectivity index (χ4n) is 2.24. The molecule has 0 atom stereocenters. The predicted molar refractivity (Wildman–Crippen MR) is 114 cm³/mol. The average Bonchev–Trinajstić information content (AvgIpc) is 2.63. The standard InChI is InChI=1S/C24H38O/c1-2-3-4-5-6-7-8-9-10-11-12-13-14-15-16-17-18-19-20-21-22-23-24-25/h3-4,6-7,13-20,25H,2,5,8-12,21-24H2,1H3/b4-3+,7-6+,14-13+,16-15+,18-17+,20-19+. The fourth-order valence-corrected chi connectivity index (χ4v) is 2.24. The Bertz CT molecular complexity index is 421. The molecule has 0 aliphatic carbocycles. The van der Waals surface area contributed by atoms with Crippen LogP contribution in [0.5, 0.6) is 0 Å². The van der Waals surface area contributed by atoms with Gasteiger partial charge in [0.15, 0.2) is 0 Å². The summed E-state index contributed by atoms with van der Waals surface area (Å²) in [6.45, 7) is 2.47. The van der Waals surface area contributed by atoms with Crippen LogP contribution in [-0.2, 0) is 0 Å². The molecule has 25 heavy (non-hydrogen) atoms. The first-order chi connectivity index (χ1) is 12.4. The monoisotopic (exact) mass is 342 g/mol. The minimum absolute atomic E-state index is 0.298. The van der Waals surface area contributed by atoms with E-state index >= 15 is 0 Å². The number of rotatable bonds is 16. The van der Waals surface area contributed by atoms with Crippen LogP contribution in [0.4, 0.5) is 0 Å². The van der Waals surface area contributed by atoms with E-state index in [4.69, 9.17) is 5.11 Å². The molecule has 1 heteroatoms. The van der Waals surface area contributed by atoms with Crippen molar-refractivity contribution in [1.82, 2.24) is 0 Å². The Morgan fingerprint density at radius 2 is 1.04 bits per heavy atom. The zero-order valence-electron chi connectivity index (χ0n) is 16.2. The molecule has 0 aliphatic rings. The van der Waals surface area contributed by atoms with E-state index in [2.05, 4.69) is 79.8 Å². The Morgan fingerprint density at radius 1 is 0.520 bits per heavy atom. The van der Waals surface area contributed by atoms with Gasteiger partial charge < -0.3 is 5.11 Å². The molecule has 0 aromatic heterocycles. The Kier molecular flexibility index (Phi) is 21.0. The Balaban J connectivity index is 3.43. The van der Waals surface area contributed by atoms with Gasteiger partial charge in [0.1, 0.15) is 0 Å². The van der Waals surface area contributed by atoms with Crippen LogP contribution >= 0.6 is 0 Å². The minimum Gasteiger partial charge on any atom is -0.396 e. The zero-order chi connectivity index (χ0) is 18.3. The summed E-state index contributed by atoms with van der Waals surface area (Å²) < 4.78 is 0. The van der Waals surface area contributed by atoms with E-state index in [1.807, 2.05) is 0 Å². The first-order valence-electron chi connectivity index (χ1n) is 9.97. The zero-order valence-corrected chi connectivity index (χ0v) is 16.2. The van der Waals surface area contributed by atoms with E-state index in [1.165, 1.54) is 32.1 Å². The summed E-state index contributed by atoms with van der Waals surface area (Å²) in [5.41, 5.74) is 0. The number of aliphatic hydroxyl groups excluding tert-OH is 1. The summed E-state index contributed by atoms with van der Waals surface area (Å²) in [5, 5.41) is 8.67. The van der Waals surface area contributed by atoms with E-state index in [1.54, 1.807) is 0 Å². The highest BCUT2D eigenvalue weighted by molar-refractivity contribution is 5.15. The number of allylic oxidation sites excluding steroid dienone is 12. The molecule has 0 aromatic carbocycles. The summed E-state index contributed by atoms with van der Waals surface area (Å²) in [4.78, 5) is 0. The maximum Gasteiger partial charge on any atom is 0.0431 e. The molecule has 0 radical (unpaired) electrons. The van der Waals surface area contributed by atoms with Gasteiger partial charge in [-0.1, -0.05) is 86.3 Å². The quantitative estimate of drug-likeness (QED) is 0.178. The van der Waals surface area contributed by atoms with E-state index in [-0.39, 0.29) is 0 Å². The summed E-state index contributed by atoms with van der Waals surface area (Å²) in [6.07, 6.45) is 37.4. The number of unbranched alkanes of at least 4 members (excludes halogenated alkanes) is 6. The van der Waals surface area contributed by atoms with Crippen molar-refractivity contribution in [1.29, 1.82) is 0 Å². The third kappa shape index (κ3) is 22.4. The highest BCUT2D eigenvalue weighted by atomic mass is 16.2. The van der Waals surface area contributed by atoms with Crippen LogP contribution in [0.2, 0.25) is 0 Å². The smallest absolute Gasteiger partial charge is 0.0431 e. The lowest BCUT2D eigenvalue weighted by Gasteiger charge is -1.94. The molecule has 1 N–H and O–H groups in total. The van der Waals surface area contributed by atoms with Gasteiger partial charge >= 0.3 is 0 Å². The number of hydrogen-bond acceptors (Lipinski definition) is 1. The van der Waals surface area contributed by atoms with Gasteiger partial charge in [-0.3, -0.25) is 0 Å². The lowest BCUT2D eigenvalue weighted by Crippen LogP contribution is -1.79. The van der Waals surface area contributed by atoms with Crippen molar-refractivity contribution < 1.29 is 5.11 Å². The van der Waals surface area contributed by atoms with Crippen LogP contribution in [0.25, 0.3) is 0 Å². The highest BCUT2D eigenvalue weighted by Gasteiger charge is 1.85. The van der Waals surface area contributed by atoms with Crippen LogP contribution in [0.15, 0.2) is 72.9 Å². The van der Waals surface area contributed by atoms with Crippen molar-refractivity contribution in [2.24, 2.45) is 0 Å². The SMILES string of the molecule is CC/C=C/C/C=C/CCCCC/C=C/C=C/C=C/C=C/CCCCO. The predicted octanol–water partition coefficient (Wildman–Crippen LogP) is 7.24. The van der Waals surface area contributed by atoms with Gasteiger partial charge in [0, 0.05) is 6.61 Å². The molecule has 0 bridgehead atoms. The molecule has 0 aliphatic heterocycles. The molecule has 0 heterocycles. The molecule has 0 saturated carbocycles. The van der Waals surface area contributed by atoms with Gasteiger partial charge in [-0.2, -0.15) is 0 Å². The van der Waals surface area contributed by atoms with Crippen molar-refractivity contribution in [2.45, 2.75) is 71.1 Å². The normalized spacial score (nSPS) is 13.2. The molecular weight excluding hydrogens is 304 g/mol. The average molecular weight is 343 g/mol. The van der Waals surface area contributed by atoms with Gasteiger partial charge in [0.2, 0.25) is 0 Å². The van der Waals surface area contributed by atoms with Gasteiger partial charge in [-0.05, 0) is 57.8 Å². The van der Waals surface area contributed by atoms with Crippen LogP contribution in [0, 0.1) is 0 Å². The van der Waals surface area contributed by atoms with Gasteiger partial charge in [-0.25, -0.2) is 0 Å². The molecule has 0 saturated heterocycles. The third-order valence-electron chi connectivity index (χ3n) is 3.69. The molecule has 0 unspecified atom stereocenters. The van der Waals surface area contributed by atoms with E-state index in [9.17, 15) is 0 Å². The summed E-state index contributed by atoms with van der Waals surface area (Å²) >= 11 is 0.